The van der Waals surface area contributed by atoms with Gasteiger partial charge in [-0.1, -0.05) is 240 Å². The molecule has 0 aliphatic carbocycles. The normalized spacial score (nSPS) is 12.8. The van der Waals surface area contributed by atoms with E-state index in [2.05, 4.69) is 118 Å². The highest BCUT2D eigenvalue weighted by molar-refractivity contribution is 5.71. The zero-order chi connectivity index (χ0) is 51.4. The van der Waals surface area contributed by atoms with E-state index in [-0.39, 0.29) is 31.1 Å². The van der Waals surface area contributed by atoms with Crippen LogP contribution in [0.2, 0.25) is 0 Å². The molecule has 0 rings (SSSR count). The molecule has 0 aromatic carbocycles. The van der Waals surface area contributed by atoms with Gasteiger partial charge in [-0.15, -0.1) is 0 Å². The zero-order valence-electron chi connectivity index (χ0n) is 46.5. The zero-order valence-corrected chi connectivity index (χ0v) is 46.5. The van der Waals surface area contributed by atoms with Gasteiger partial charge in [0.25, 0.3) is 0 Å². The summed E-state index contributed by atoms with van der Waals surface area (Å²) in [5.41, 5.74) is 0. The molecule has 0 aromatic rings. The molecule has 1 atom stereocenters. The molecule has 0 heterocycles. The van der Waals surface area contributed by atoms with E-state index in [4.69, 9.17) is 14.2 Å². The van der Waals surface area contributed by atoms with Gasteiger partial charge in [0.1, 0.15) is 13.2 Å². The van der Waals surface area contributed by atoms with Crippen LogP contribution in [0.3, 0.4) is 0 Å². The summed E-state index contributed by atoms with van der Waals surface area (Å²) in [6.45, 7) is 6.39. The molecule has 406 valence electrons. The first-order valence-electron chi connectivity index (χ1n) is 29.7. The van der Waals surface area contributed by atoms with Crippen LogP contribution in [0.15, 0.2) is 97.2 Å². The van der Waals surface area contributed by atoms with Crippen LogP contribution in [0, 0.1) is 0 Å². The first-order chi connectivity index (χ1) is 35.0. The lowest BCUT2D eigenvalue weighted by Crippen LogP contribution is -2.30. The fourth-order valence-electron chi connectivity index (χ4n) is 8.15. The Morgan fingerprint density at radius 2 is 0.549 bits per heavy atom. The molecule has 0 aliphatic rings. The average Bonchev–Trinajstić information content (AvgIpc) is 3.37. The van der Waals surface area contributed by atoms with E-state index >= 15 is 0 Å². The van der Waals surface area contributed by atoms with E-state index < -0.39 is 6.10 Å². The van der Waals surface area contributed by atoms with Crippen LogP contribution >= 0.6 is 0 Å². The molecule has 6 heteroatoms. The molecular formula is C65H110O6. The Bertz CT molecular complexity index is 1410. The highest BCUT2D eigenvalue weighted by atomic mass is 16.6. The van der Waals surface area contributed by atoms with Crippen LogP contribution in [-0.2, 0) is 28.6 Å². The molecule has 0 radical (unpaired) electrons. The predicted molar refractivity (Wildman–Crippen MR) is 307 cm³/mol. The monoisotopic (exact) mass is 987 g/mol. The quantitative estimate of drug-likeness (QED) is 0.0261. The SMILES string of the molecule is CC/C=C\C/C=C\C/C=C\C/C=C\CCCCCCC(=O)OC(COC(=O)CCCCCCC/C=C\C/C=C\C/C=C\CC)COC(=O)CCCCCCCCCCC/C=C\CCCCCCCCCC. The summed E-state index contributed by atoms with van der Waals surface area (Å²) in [5.74, 6) is -0.933. The molecule has 71 heavy (non-hydrogen) atoms. The minimum Gasteiger partial charge on any atom is -0.462 e. The van der Waals surface area contributed by atoms with Gasteiger partial charge in [0.2, 0.25) is 0 Å². The molecule has 0 fully saturated rings. The van der Waals surface area contributed by atoms with Crippen molar-refractivity contribution in [3.05, 3.63) is 97.2 Å². The largest absolute Gasteiger partial charge is 0.462 e. The van der Waals surface area contributed by atoms with Gasteiger partial charge in [-0.3, -0.25) is 14.4 Å². The second-order valence-electron chi connectivity index (χ2n) is 19.5. The lowest BCUT2D eigenvalue weighted by atomic mass is 10.1. The third-order valence-corrected chi connectivity index (χ3v) is 12.6. The highest BCUT2D eigenvalue weighted by Gasteiger charge is 2.19. The van der Waals surface area contributed by atoms with E-state index in [1.165, 1.54) is 103 Å². The van der Waals surface area contributed by atoms with E-state index in [0.29, 0.717) is 19.3 Å². The van der Waals surface area contributed by atoms with E-state index in [0.717, 1.165) is 135 Å². The number of rotatable bonds is 53. The van der Waals surface area contributed by atoms with Crippen LogP contribution in [0.5, 0.6) is 0 Å². The minimum atomic E-state index is -0.800. The van der Waals surface area contributed by atoms with Gasteiger partial charge in [0.05, 0.1) is 0 Å². The van der Waals surface area contributed by atoms with Crippen LogP contribution in [0.25, 0.3) is 0 Å². The Balaban J connectivity index is 4.42. The lowest BCUT2D eigenvalue weighted by Gasteiger charge is -2.18. The summed E-state index contributed by atoms with van der Waals surface area (Å²) in [5, 5.41) is 0. The van der Waals surface area contributed by atoms with Gasteiger partial charge in [-0.05, 0) is 116 Å². The molecule has 0 saturated carbocycles. The molecule has 0 amide bonds. The smallest absolute Gasteiger partial charge is 0.306 e. The number of hydrogen-bond acceptors (Lipinski definition) is 6. The van der Waals surface area contributed by atoms with Crippen LogP contribution in [0.4, 0.5) is 0 Å². The van der Waals surface area contributed by atoms with Crippen molar-refractivity contribution in [2.75, 3.05) is 13.2 Å². The van der Waals surface area contributed by atoms with Crippen molar-refractivity contribution >= 4 is 17.9 Å². The Kier molecular flexibility index (Phi) is 55.9. The maximum absolute atomic E-state index is 12.9. The summed E-state index contributed by atoms with van der Waals surface area (Å²) < 4.78 is 16.9. The predicted octanol–water partition coefficient (Wildman–Crippen LogP) is 20.1. The first-order valence-corrected chi connectivity index (χ1v) is 29.7. The second kappa shape index (κ2) is 58.9. The molecule has 1 unspecified atom stereocenters. The van der Waals surface area contributed by atoms with Gasteiger partial charge >= 0.3 is 17.9 Å². The number of carbonyl (C=O) groups is 3. The fraction of sp³-hybridized carbons (Fsp3) is 0.708. The molecule has 0 bridgehead atoms. The van der Waals surface area contributed by atoms with Gasteiger partial charge < -0.3 is 14.2 Å². The maximum Gasteiger partial charge on any atom is 0.306 e. The highest BCUT2D eigenvalue weighted by Crippen LogP contribution is 2.15. The maximum atomic E-state index is 12.9. The van der Waals surface area contributed by atoms with E-state index in [1.54, 1.807) is 0 Å². The van der Waals surface area contributed by atoms with E-state index in [1.807, 2.05) is 0 Å². The van der Waals surface area contributed by atoms with Crippen molar-refractivity contribution in [2.24, 2.45) is 0 Å². The molecule has 0 N–H and O–H groups in total. The van der Waals surface area contributed by atoms with Crippen LogP contribution in [0.1, 0.15) is 278 Å². The second-order valence-corrected chi connectivity index (χ2v) is 19.5. The minimum absolute atomic E-state index is 0.0944. The van der Waals surface area contributed by atoms with Crippen molar-refractivity contribution in [1.82, 2.24) is 0 Å². The van der Waals surface area contributed by atoms with Crippen LogP contribution in [-0.4, -0.2) is 37.2 Å². The Labute approximate surface area is 438 Å². The summed E-state index contributed by atoms with van der Waals surface area (Å²) in [4.78, 5) is 38.2. The Morgan fingerprint density at radius 1 is 0.296 bits per heavy atom. The number of hydrogen-bond donors (Lipinski definition) is 0. The molecular weight excluding hydrogens is 877 g/mol. The van der Waals surface area contributed by atoms with Crippen molar-refractivity contribution < 1.29 is 28.6 Å². The third-order valence-electron chi connectivity index (χ3n) is 12.6. The lowest BCUT2D eigenvalue weighted by molar-refractivity contribution is -0.167. The molecule has 0 spiro atoms. The van der Waals surface area contributed by atoms with Gasteiger partial charge in [-0.25, -0.2) is 0 Å². The van der Waals surface area contributed by atoms with E-state index in [9.17, 15) is 14.4 Å². The first kappa shape index (κ1) is 67.3. The topological polar surface area (TPSA) is 78.9 Å². The third kappa shape index (κ3) is 57.1. The summed E-state index contributed by atoms with van der Waals surface area (Å²) in [6.07, 6.45) is 78.3. The standard InChI is InChI=1S/C65H110O6/c1-4-7-10-13-16-19-22-25-28-30-31-32-33-35-37-40-43-46-49-52-55-58-64(67)70-61-62(60-69-63(66)57-54-51-48-45-42-39-36-27-24-21-18-15-12-9-6-3)71-65(68)59-56-53-50-47-44-41-38-34-29-26-23-20-17-14-11-8-5-2/h8-9,11-12,17-18,20-21,26-27,29-31,36,38,41,62H,4-7,10,13-16,19,22-25,28,32-35,37,39-40,42-61H2,1-3H3/b11-8-,12-9-,20-17-,21-18-,29-26-,31-30-,36-27-,41-38-. The Morgan fingerprint density at radius 3 is 0.873 bits per heavy atom. The van der Waals surface area contributed by atoms with Crippen LogP contribution < -0.4 is 0 Å². The van der Waals surface area contributed by atoms with Crippen molar-refractivity contribution in [3.63, 3.8) is 0 Å². The average molecular weight is 988 g/mol. The van der Waals surface area contributed by atoms with Crippen molar-refractivity contribution in [3.8, 4) is 0 Å². The fourth-order valence-corrected chi connectivity index (χ4v) is 8.15. The molecule has 0 aliphatic heterocycles. The summed E-state index contributed by atoms with van der Waals surface area (Å²) in [7, 11) is 0. The molecule has 6 nitrogen and oxygen atoms in total. The summed E-state index contributed by atoms with van der Waals surface area (Å²) >= 11 is 0. The number of unbranched alkanes of at least 4 members (excludes halogenated alkanes) is 26. The van der Waals surface area contributed by atoms with Crippen molar-refractivity contribution in [2.45, 2.75) is 284 Å². The molecule has 0 aromatic heterocycles. The van der Waals surface area contributed by atoms with Gasteiger partial charge in [-0.2, -0.15) is 0 Å². The van der Waals surface area contributed by atoms with Crippen molar-refractivity contribution in [1.29, 1.82) is 0 Å². The van der Waals surface area contributed by atoms with Gasteiger partial charge in [0.15, 0.2) is 6.10 Å². The summed E-state index contributed by atoms with van der Waals surface area (Å²) in [6, 6.07) is 0. The number of esters is 3. The van der Waals surface area contributed by atoms with Gasteiger partial charge in [0, 0.05) is 19.3 Å². The molecule has 0 saturated heterocycles. The number of carbonyl (C=O) groups excluding carboxylic acids is 3. The number of ether oxygens (including phenoxy) is 3. The Hall–Kier alpha value is -3.67. The number of allylic oxidation sites excluding steroid dienone is 16.